The van der Waals surface area contributed by atoms with Crippen molar-refractivity contribution in [2.45, 2.75) is 19.9 Å². The number of alkyl halides is 1. The lowest BCUT2D eigenvalue weighted by Gasteiger charge is -2.02. The molecule has 0 fully saturated rings. The van der Waals surface area contributed by atoms with Crippen LogP contribution in [0.4, 0.5) is 0 Å². The fraction of sp³-hybridized carbons (Fsp3) is 0.364. The maximum Gasteiger partial charge on any atom is 0.261 e. The summed E-state index contributed by atoms with van der Waals surface area (Å²) in [5.74, 6) is 1.33. The number of halogens is 1. The largest absolute Gasteiger partial charge is 0.461 e. The van der Waals surface area contributed by atoms with Gasteiger partial charge in [-0.05, 0) is 25.5 Å². The molecule has 0 aliphatic rings. The van der Waals surface area contributed by atoms with Crippen molar-refractivity contribution < 1.29 is 4.42 Å². The molecular formula is C11H12ClNO2. The average molecular weight is 226 g/mol. The number of hydrogen-bond acceptors (Lipinski definition) is 2. The van der Waals surface area contributed by atoms with Crippen LogP contribution in [0, 0.1) is 6.92 Å². The van der Waals surface area contributed by atoms with Crippen LogP contribution in [0.1, 0.15) is 12.2 Å². The van der Waals surface area contributed by atoms with Gasteiger partial charge in [-0.15, -0.1) is 11.6 Å². The smallest absolute Gasteiger partial charge is 0.261 e. The highest BCUT2D eigenvalue weighted by molar-refractivity contribution is 6.17. The Balaban J connectivity index is 2.50. The highest BCUT2D eigenvalue weighted by atomic mass is 35.5. The molecule has 2 heterocycles. The maximum absolute atomic E-state index is 11.9. The van der Waals surface area contributed by atoms with Gasteiger partial charge < -0.3 is 8.98 Å². The van der Waals surface area contributed by atoms with Gasteiger partial charge >= 0.3 is 0 Å². The number of fused-ring (bicyclic) bond motifs is 1. The van der Waals surface area contributed by atoms with E-state index in [-0.39, 0.29) is 5.56 Å². The number of furan rings is 1. The molecule has 0 spiro atoms. The summed E-state index contributed by atoms with van der Waals surface area (Å²) in [6.45, 7) is 2.49. The summed E-state index contributed by atoms with van der Waals surface area (Å²) >= 11 is 5.59. The first-order valence-electron chi connectivity index (χ1n) is 4.88. The van der Waals surface area contributed by atoms with Gasteiger partial charge in [0.05, 0.1) is 5.39 Å². The van der Waals surface area contributed by atoms with Crippen LogP contribution in [-0.4, -0.2) is 10.4 Å². The van der Waals surface area contributed by atoms with Crippen LogP contribution in [0.5, 0.6) is 0 Å². The van der Waals surface area contributed by atoms with Crippen LogP contribution in [0.15, 0.2) is 27.5 Å². The number of hydrogen-bond donors (Lipinski definition) is 0. The summed E-state index contributed by atoms with van der Waals surface area (Å²) < 4.78 is 7.04. The van der Waals surface area contributed by atoms with Gasteiger partial charge in [-0.2, -0.15) is 0 Å². The van der Waals surface area contributed by atoms with Crippen LogP contribution in [-0.2, 0) is 6.54 Å². The Morgan fingerprint density at radius 3 is 3.07 bits per heavy atom. The summed E-state index contributed by atoms with van der Waals surface area (Å²) in [6, 6.07) is 3.59. The Kier molecular flexibility index (Phi) is 2.82. The minimum atomic E-state index is -0.00512. The molecule has 0 radical (unpaired) electrons. The van der Waals surface area contributed by atoms with Crippen molar-refractivity contribution in [3.63, 3.8) is 0 Å². The first-order chi connectivity index (χ1) is 7.22. The highest BCUT2D eigenvalue weighted by Crippen LogP contribution is 2.14. The molecule has 0 aliphatic heterocycles. The first-order valence-corrected chi connectivity index (χ1v) is 5.41. The zero-order valence-corrected chi connectivity index (χ0v) is 9.25. The van der Waals surface area contributed by atoms with Gasteiger partial charge in [-0.25, -0.2) is 0 Å². The van der Waals surface area contributed by atoms with Gasteiger partial charge in [0, 0.05) is 18.6 Å². The number of nitrogens with zero attached hydrogens (tertiary/aromatic N) is 1. The molecule has 2 aromatic rings. The van der Waals surface area contributed by atoms with Crippen molar-refractivity contribution in [3.8, 4) is 0 Å². The molecule has 0 bridgehead atoms. The summed E-state index contributed by atoms with van der Waals surface area (Å²) in [4.78, 5) is 11.9. The third-order valence-electron chi connectivity index (χ3n) is 2.31. The minimum Gasteiger partial charge on any atom is -0.461 e. The van der Waals surface area contributed by atoms with E-state index >= 15 is 0 Å². The van der Waals surface area contributed by atoms with E-state index in [2.05, 4.69) is 0 Å². The van der Waals surface area contributed by atoms with Gasteiger partial charge in [-0.1, -0.05) is 0 Å². The zero-order chi connectivity index (χ0) is 10.8. The molecule has 0 N–H and O–H groups in total. The number of rotatable bonds is 3. The van der Waals surface area contributed by atoms with E-state index in [1.807, 2.05) is 13.0 Å². The van der Waals surface area contributed by atoms with Gasteiger partial charge in [-0.3, -0.25) is 4.79 Å². The first kappa shape index (κ1) is 10.3. The standard InChI is InChI=1S/C11H12ClNO2/c1-8-7-9-10(15-8)3-6-13(11(9)14)5-2-4-12/h3,6-7H,2,4-5H2,1H3. The fourth-order valence-corrected chi connectivity index (χ4v) is 1.73. The van der Waals surface area contributed by atoms with Crippen LogP contribution in [0.3, 0.4) is 0 Å². The topological polar surface area (TPSA) is 35.1 Å². The second-order valence-corrected chi connectivity index (χ2v) is 3.87. The van der Waals surface area contributed by atoms with E-state index in [9.17, 15) is 4.79 Å². The maximum atomic E-state index is 11.9. The summed E-state index contributed by atoms with van der Waals surface area (Å²) in [5.41, 5.74) is 0.647. The molecule has 0 aromatic carbocycles. The molecule has 15 heavy (non-hydrogen) atoms. The van der Waals surface area contributed by atoms with Gasteiger partial charge in [0.1, 0.15) is 11.3 Å². The lowest BCUT2D eigenvalue weighted by Crippen LogP contribution is -2.19. The normalized spacial score (nSPS) is 11.1. The van der Waals surface area contributed by atoms with Crippen molar-refractivity contribution >= 4 is 22.6 Å². The number of aromatic nitrogens is 1. The Morgan fingerprint density at radius 1 is 1.53 bits per heavy atom. The summed E-state index contributed by atoms with van der Waals surface area (Å²) in [6.07, 6.45) is 2.55. The quantitative estimate of drug-likeness (QED) is 0.753. The second kappa shape index (κ2) is 4.11. The van der Waals surface area contributed by atoms with Crippen molar-refractivity contribution in [3.05, 3.63) is 34.4 Å². The van der Waals surface area contributed by atoms with E-state index in [1.54, 1.807) is 16.8 Å². The molecule has 2 aromatic heterocycles. The van der Waals surface area contributed by atoms with Gasteiger partial charge in [0.25, 0.3) is 5.56 Å². The van der Waals surface area contributed by atoms with Crippen molar-refractivity contribution in [2.75, 3.05) is 5.88 Å². The summed E-state index contributed by atoms with van der Waals surface area (Å²) in [7, 11) is 0. The number of aryl methyl sites for hydroxylation is 2. The Morgan fingerprint density at radius 2 is 2.33 bits per heavy atom. The van der Waals surface area contributed by atoms with Crippen LogP contribution < -0.4 is 5.56 Å². The van der Waals surface area contributed by atoms with Crippen LogP contribution >= 0.6 is 11.6 Å². The monoisotopic (exact) mass is 225 g/mol. The predicted octanol–water partition coefficient (Wildman–Crippen LogP) is 2.53. The van der Waals surface area contributed by atoms with Gasteiger partial charge in [0.15, 0.2) is 0 Å². The van der Waals surface area contributed by atoms with Crippen molar-refractivity contribution in [1.82, 2.24) is 4.57 Å². The molecule has 0 saturated carbocycles. The number of pyridine rings is 1. The van der Waals surface area contributed by atoms with Crippen LogP contribution in [0.25, 0.3) is 11.0 Å². The molecular weight excluding hydrogens is 214 g/mol. The fourth-order valence-electron chi connectivity index (χ4n) is 1.61. The second-order valence-electron chi connectivity index (χ2n) is 3.49. The summed E-state index contributed by atoms with van der Waals surface area (Å²) in [5, 5.41) is 0.643. The predicted molar refractivity (Wildman–Crippen MR) is 60.5 cm³/mol. The third-order valence-corrected chi connectivity index (χ3v) is 2.58. The Bertz CT molecular complexity index is 527. The van der Waals surface area contributed by atoms with E-state index in [0.29, 0.717) is 23.4 Å². The van der Waals surface area contributed by atoms with Crippen molar-refractivity contribution in [2.24, 2.45) is 0 Å². The van der Waals surface area contributed by atoms with Crippen LogP contribution in [0.2, 0.25) is 0 Å². The average Bonchev–Trinajstić information content (AvgIpc) is 2.59. The molecule has 0 unspecified atom stereocenters. The highest BCUT2D eigenvalue weighted by Gasteiger charge is 2.06. The Labute approximate surface area is 92.3 Å². The molecule has 80 valence electrons. The molecule has 0 aliphatic carbocycles. The minimum absolute atomic E-state index is 0.00512. The lowest BCUT2D eigenvalue weighted by atomic mass is 10.3. The molecule has 0 amide bonds. The third kappa shape index (κ3) is 1.92. The molecule has 2 rings (SSSR count). The molecule has 4 heteroatoms. The van der Waals surface area contributed by atoms with E-state index in [4.69, 9.17) is 16.0 Å². The zero-order valence-electron chi connectivity index (χ0n) is 8.50. The lowest BCUT2D eigenvalue weighted by molar-refractivity contribution is 0.576. The molecule has 0 atom stereocenters. The molecule has 0 saturated heterocycles. The van der Waals surface area contributed by atoms with Crippen molar-refractivity contribution in [1.29, 1.82) is 0 Å². The van der Waals surface area contributed by atoms with Gasteiger partial charge in [0.2, 0.25) is 0 Å². The van der Waals surface area contributed by atoms with E-state index in [0.717, 1.165) is 12.2 Å². The van der Waals surface area contributed by atoms with E-state index in [1.165, 1.54) is 0 Å². The SMILES string of the molecule is Cc1cc2c(=O)n(CCCCl)ccc2o1. The van der Waals surface area contributed by atoms with E-state index < -0.39 is 0 Å². The molecule has 3 nitrogen and oxygen atoms in total. The Hall–Kier alpha value is -1.22.